The van der Waals surface area contributed by atoms with Crippen molar-refractivity contribution in [1.29, 1.82) is 0 Å². The maximum absolute atomic E-state index is 10.8. The SMILES string of the molecule is CC(=O)N1C(=O)O[C@H](Cl)[C@H]1Cl. The number of nitrogens with zero attached hydrogens (tertiary/aromatic N) is 1. The molecule has 0 radical (unpaired) electrons. The molecule has 2 atom stereocenters. The molecule has 0 aliphatic carbocycles. The van der Waals surface area contributed by atoms with Crippen LogP contribution in [0.5, 0.6) is 0 Å². The molecule has 0 saturated carbocycles. The summed E-state index contributed by atoms with van der Waals surface area (Å²) in [6.45, 7) is 1.21. The first-order valence-corrected chi connectivity index (χ1v) is 3.70. The van der Waals surface area contributed by atoms with Gasteiger partial charge in [0.2, 0.25) is 11.5 Å². The van der Waals surface area contributed by atoms with Crippen molar-refractivity contribution in [1.82, 2.24) is 4.90 Å². The molecular weight excluding hydrogens is 193 g/mol. The number of hydrogen-bond donors (Lipinski definition) is 0. The Bertz CT molecular complexity index is 208. The van der Waals surface area contributed by atoms with E-state index in [1.807, 2.05) is 0 Å². The summed E-state index contributed by atoms with van der Waals surface area (Å²) in [5, 5.41) is 0. The van der Waals surface area contributed by atoms with Crippen LogP contribution < -0.4 is 0 Å². The van der Waals surface area contributed by atoms with Gasteiger partial charge < -0.3 is 4.74 Å². The zero-order valence-corrected chi connectivity index (χ0v) is 7.09. The molecule has 0 bridgehead atoms. The number of hydrogen-bond acceptors (Lipinski definition) is 3. The normalized spacial score (nSPS) is 30.5. The number of ether oxygens (including phenoxy) is 1. The molecule has 6 heteroatoms. The Morgan fingerprint density at radius 1 is 1.64 bits per heavy atom. The predicted molar refractivity (Wildman–Crippen MR) is 38.3 cm³/mol. The van der Waals surface area contributed by atoms with Crippen molar-refractivity contribution in [3.63, 3.8) is 0 Å². The lowest BCUT2D eigenvalue weighted by Gasteiger charge is -2.11. The maximum Gasteiger partial charge on any atom is 0.419 e. The highest BCUT2D eigenvalue weighted by atomic mass is 35.5. The predicted octanol–water partition coefficient (Wildman–Crippen LogP) is 1.11. The molecule has 1 fully saturated rings. The van der Waals surface area contributed by atoms with Gasteiger partial charge in [-0.2, -0.15) is 0 Å². The summed E-state index contributed by atoms with van der Waals surface area (Å²) >= 11 is 11.0. The molecule has 0 spiro atoms. The first kappa shape index (κ1) is 8.62. The maximum atomic E-state index is 10.8. The van der Waals surface area contributed by atoms with Gasteiger partial charge in [-0.3, -0.25) is 4.79 Å². The topological polar surface area (TPSA) is 46.6 Å². The highest BCUT2D eigenvalue weighted by Crippen LogP contribution is 2.24. The lowest BCUT2D eigenvalue weighted by molar-refractivity contribution is -0.125. The van der Waals surface area contributed by atoms with Gasteiger partial charge in [-0.25, -0.2) is 9.69 Å². The van der Waals surface area contributed by atoms with Gasteiger partial charge in [-0.05, 0) is 0 Å². The Labute approximate surface area is 73.0 Å². The van der Waals surface area contributed by atoms with Crippen LogP contribution in [0.3, 0.4) is 0 Å². The summed E-state index contributed by atoms with van der Waals surface area (Å²) in [5.41, 5.74) is -1.85. The number of cyclic esters (lactones) is 1. The second kappa shape index (κ2) is 2.87. The Hall–Kier alpha value is -0.480. The standard InChI is InChI=1S/C5H5Cl2NO3/c1-2(9)8-3(6)4(7)11-5(8)10/h3-4H,1H3/t3-,4-/m0/s1. The monoisotopic (exact) mass is 197 g/mol. The largest absolute Gasteiger partial charge is 0.426 e. The second-order valence-corrected chi connectivity index (χ2v) is 2.87. The fraction of sp³-hybridized carbons (Fsp3) is 0.600. The van der Waals surface area contributed by atoms with E-state index < -0.39 is 23.1 Å². The summed E-state index contributed by atoms with van der Waals surface area (Å²) < 4.78 is 4.45. The van der Waals surface area contributed by atoms with Gasteiger partial charge in [0.15, 0.2) is 5.50 Å². The molecule has 1 rings (SSSR count). The van der Waals surface area contributed by atoms with E-state index in [0.29, 0.717) is 0 Å². The van der Waals surface area contributed by atoms with Gasteiger partial charge >= 0.3 is 6.09 Å². The molecule has 2 amide bonds. The van der Waals surface area contributed by atoms with E-state index in [9.17, 15) is 9.59 Å². The van der Waals surface area contributed by atoms with E-state index in [2.05, 4.69) is 4.74 Å². The lowest BCUT2D eigenvalue weighted by atomic mass is 10.5. The molecule has 1 aliphatic rings. The molecule has 1 aliphatic heterocycles. The lowest BCUT2D eigenvalue weighted by Crippen LogP contribution is -2.34. The number of amides is 2. The highest BCUT2D eigenvalue weighted by Gasteiger charge is 2.41. The number of imide groups is 1. The number of carbonyl (C=O) groups excluding carboxylic acids is 2. The van der Waals surface area contributed by atoms with Gasteiger partial charge in [-0.15, -0.1) is 0 Å². The third-order valence-electron chi connectivity index (χ3n) is 1.21. The molecule has 0 unspecified atom stereocenters. The zero-order valence-electron chi connectivity index (χ0n) is 5.58. The molecular formula is C5H5Cl2NO3. The quantitative estimate of drug-likeness (QED) is 0.432. The zero-order chi connectivity index (χ0) is 8.59. The van der Waals surface area contributed by atoms with E-state index in [4.69, 9.17) is 23.2 Å². The van der Waals surface area contributed by atoms with E-state index in [-0.39, 0.29) is 0 Å². The molecule has 4 nitrogen and oxygen atoms in total. The summed E-state index contributed by atoms with van der Waals surface area (Å²) in [5.74, 6) is -0.474. The minimum atomic E-state index is -0.951. The van der Waals surface area contributed by atoms with E-state index in [1.54, 1.807) is 0 Å². The third kappa shape index (κ3) is 1.41. The van der Waals surface area contributed by atoms with Crippen molar-refractivity contribution in [2.45, 2.75) is 18.0 Å². The van der Waals surface area contributed by atoms with Crippen LogP contribution in [0.25, 0.3) is 0 Å². The Balaban J connectivity index is 2.79. The van der Waals surface area contributed by atoms with Crippen molar-refractivity contribution < 1.29 is 14.3 Å². The fourth-order valence-electron chi connectivity index (χ4n) is 0.729. The molecule has 0 aromatic heterocycles. The third-order valence-corrected chi connectivity index (χ3v) is 2.09. The van der Waals surface area contributed by atoms with Gasteiger partial charge in [0.25, 0.3) is 0 Å². The molecule has 0 aromatic carbocycles. The summed E-state index contributed by atoms with van der Waals surface area (Å²) in [7, 11) is 0. The van der Waals surface area contributed by atoms with Crippen LogP contribution in [0.1, 0.15) is 6.92 Å². The number of rotatable bonds is 0. The molecule has 1 saturated heterocycles. The smallest absolute Gasteiger partial charge is 0.419 e. The highest BCUT2D eigenvalue weighted by molar-refractivity contribution is 6.32. The number of alkyl halides is 2. The van der Waals surface area contributed by atoms with Crippen LogP contribution in [0.15, 0.2) is 0 Å². The van der Waals surface area contributed by atoms with Gasteiger partial charge in [-0.1, -0.05) is 23.2 Å². The second-order valence-electron chi connectivity index (χ2n) is 2.00. The van der Waals surface area contributed by atoms with Crippen LogP contribution in [-0.4, -0.2) is 28.0 Å². The van der Waals surface area contributed by atoms with Gasteiger partial charge in [0.05, 0.1) is 0 Å². The minimum absolute atomic E-state index is 0.474. The average molecular weight is 198 g/mol. The molecule has 0 N–H and O–H groups in total. The Kier molecular flexibility index (Phi) is 2.25. The molecule has 62 valence electrons. The van der Waals surface area contributed by atoms with E-state index in [1.165, 1.54) is 6.92 Å². The Morgan fingerprint density at radius 3 is 2.36 bits per heavy atom. The van der Waals surface area contributed by atoms with Crippen LogP contribution >= 0.6 is 23.2 Å². The van der Waals surface area contributed by atoms with Crippen molar-refractivity contribution in [2.24, 2.45) is 0 Å². The van der Waals surface area contributed by atoms with Crippen LogP contribution in [-0.2, 0) is 9.53 Å². The Morgan fingerprint density at radius 2 is 2.18 bits per heavy atom. The van der Waals surface area contributed by atoms with Gasteiger partial charge in [0.1, 0.15) is 0 Å². The molecule has 0 aromatic rings. The van der Waals surface area contributed by atoms with E-state index in [0.717, 1.165) is 4.90 Å². The number of carbonyl (C=O) groups is 2. The summed E-state index contributed by atoms with van der Waals surface area (Å²) in [6, 6.07) is 0. The van der Waals surface area contributed by atoms with Crippen molar-refractivity contribution in [2.75, 3.05) is 0 Å². The van der Waals surface area contributed by atoms with Crippen LogP contribution in [0.2, 0.25) is 0 Å². The average Bonchev–Trinajstić information content (AvgIpc) is 2.07. The minimum Gasteiger partial charge on any atom is -0.426 e. The van der Waals surface area contributed by atoms with Crippen LogP contribution in [0, 0.1) is 0 Å². The number of halogens is 2. The first-order valence-electron chi connectivity index (χ1n) is 2.82. The van der Waals surface area contributed by atoms with Crippen molar-refractivity contribution >= 4 is 35.2 Å². The molecule has 11 heavy (non-hydrogen) atoms. The molecule has 1 heterocycles. The van der Waals surface area contributed by atoms with E-state index >= 15 is 0 Å². The van der Waals surface area contributed by atoms with Crippen molar-refractivity contribution in [3.8, 4) is 0 Å². The van der Waals surface area contributed by atoms with Crippen molar-refractivity contribution in [3.05, 3.63) is 0 Å². The summed E-state index contributed by atoms with van der Waals surface area (Å²) in [6.07, 6.45) is -0.794. The fourth-order valence-corrected chi connectivity index (χ4v) is 1.19. The first-order chi connectivity index (χ1) is 5.04. The van der Waals surface area contributed by atoms with Crippen LogP contribution in [0.4, 0.5) is 4.79 Å². The van der Waals surface area contributed by atoms with Gasteiger partial charge in [0, 0.05) is 6.92 Å². The summed E-state index contributed by atoms with van der Waals surface area (Å²) in [4.78, 5) is 22.2.